The molecule has 2 heterocycles. The zero-order valence-corrected chi connectivity index (χ0v) is 9.56. The van der Waals surface area contributed by atoms with Gasteiger partial charge >= 0.3 is 0 Å². The van der Waals surface area contributed by atoms with Crippen LogP contribution in [0.4, 0.5) is 0 Å². The third-order valence-electron chi connectivity index (χ3n) is 2.34. The van der Waals surface area contributed by atoms with Gasteiger partial charge in [0.15, 0.2) is 5.76 Å². The van der Waals surface area contributed by atoms with E-state index in [9.17, 15) is 4.79 Å². The molecule has 0 unspecified atom stereocenters. The van der Waals surface area contributed by atoms with Gasteiger partial charge in [-0.15, -0.1) is 11.3 Å². The fraction of sp³-hybridized carbons (Fsp3) is 0.250. The molecule has 0 atom stereocenters. The highest BCUT2D eigenvalue weighted by Crippen LogP contribution is 2.20. The molecule has 0 N–H and O–H groups in total. The van der Waals surface area contributed by atoms with E-state index in [1.165, 1.54) is 0 Å². The van der Waals surface area contributed by atoms with Crippen LogP contribution in [0, 0.1) is 6.92 Å². The molecule has 78 valence electrons. The number of rotatable bonds is 3. The monoisotopic (exact) mass is 220 g/mol. The number of carbonyl (C=O) groups is 1. The topological polar surface area (TPSA) is 30.2 Å². The predicted octanol–water partition coefficient (Wildman–Crippen LogP) is 3.44. The van der Waals surface area contributed by atoms with Gasteiger partial charge in [-0.3, -0.25) is 4.79 Å². The number of carbonyl (C=O) groups excluding carboxylic acids is 1. The summed E-state index contributed by atoms with van der Waals surface area (Å²) < 4.78 is 5.43. The van der Waals surface area contributed by atoms with E-state index in [2.05, 4.69) is 0 Å². The lowest BCUT2D eigenvalue weighted by molar-refractivity contribution is 0.101. The van der Waals surface area contributed by atoms with Crippen molar-refractivity contribution in [1.82, 2.24) is 0 Å². The van der Waals surface area contributed by atoms with Gasteiger partial charge in [0.05, 0.1) is 0 Å². The quantitative estimate of drug-likeness (QED) is 0.742. The van der Waals surface area contributed by atoms with Crippen molar-refractivity contribution in [3.63, 3.8) is 0 Å². The highest BCUT2D eigenvalue weighted by Gasteiger charge is 2.15. The summed E-state index contributed by atoms with van der Waals surface area (Å²) in [5.41, 5.74) is 0.747. The van der Waals surface area contributed by atoms with Crippen molar-refractivity contribution in [2.75, 3.05) is 0 Å². The van der Waals surface area contributed by atoms with Gasteiger partial charge in [-0.2, -0.15) is 0 Å². The molecule has 2 aromatic rings. The number of furan rings is 1. The largest absolute Gasteiger partial charge is 0.458 e. The summed E-state index contributed by atoms with van der Waals surface area (Å²) in [5, 5.41) is 1.92. The maximum absolute atomic E-state index is 12.0. The summed E-state index contributed by atoms with van der Waals surface area (Å²) in [7, 11) is 0. The lowest BCUT2D eigenvalue weighted by Gasteiger charge is -1.95. The zero-order valence-electron chi connectivity index (χ0n) is 8.74. The van der Waals surface area contributed by atoms with Crippen molar-refractivity contribution in [2.45, 2.75) is 20.3 Å². The van der Waals surface area contributed by atoms with E-state index in [4.69, 9.17) is 4.42 Å². The minimum atomic E-state index is -0.0200. The first kappa shape index (κ1) is 10.2. The van der Waals surface area contributed by atoms with Crippen LogP contribution in [0.3, 0.4) is 0 Å². The Kier molecular flexibility index (Phi) is 2.73. The Hall–Kier alpha value is -1.35. The first-order chi connectivity index (χ1) is 7.22. The van der Waals surface area contributed by atoms with Crippen LogP contribution in [0.5, 0.6) is 0 Å². The Balaban J connectivity index is 2.32. The molecule has 0 saturated carbocycles. The third-order valence-corrected chi connectivity index (χ3v) is 3.18. The van der Waals surface area contributed by atoms with Crippen molar-refractivity contribution in [1.29, 1.82) is 0 Å². The van der Waals surface area contributed by atoms with E-state index in [1.54, 1.807) is 17.4 Å². The molecule has 0 bridgehead atoms. The molecular formula is C12H12O2S. The molecule has 2 nitrogen and oxygen atoms in total. The van der Waals surface area contributed by atoms with Gasteiger partial charge in [0.1, 0.15) is 5.76 Å². The Bertz CT molecular complexity index is 479. The SMILES string of the molecule is CCc1ccc(C(=O)c2ccsc2C)o1. The lowest BCUT2D eigenvalue weighted by Crippen LogP contribution is -1.99. The molecule has 0 aromatic carbocycles. The van der Waals surface area contributed by atoms with Crippen molar-refractivity contribution in [3.05, 3.63) is 45.5 Å². The fourth-order valence-corrected chi connectivity index (χ4v) is 2.14. The van der Waals surface area contributed by atoms with Gasteiger partial charge in [0.25, 0.3) is 0 Å². The summed E-state index contributed by atoms with van der Waals surface area (Å²) in [4.78, 5) is 13.0. The van der Waals surface area contributed by atoms with Gasteiger partial charge in [-0.05, 0) is 30.5 Å². The second-order valence-corrected chi connectivity index (χ2v) is 4.46. The second-order valence-electron chi connectivity index (χ2n) is 3.34. The molecule has 0 aliphatic carbocycles. The third kappa shape index (κ3) is 1.88. The van der Waals surface area contributed by atoms with E-state index in [-0.39, 0.29) is 5.78 Å². The van der Waals surface area contributed by atoms with E-state index < -0.39 is 0 Å². The summed E-state index contributed by atoms with van der Waals surface area (Å²) in [6, 6.07) is 5.45. The number of aryl methyl sites for hydroxylation is 2. The molecule has 0 fully saturated rings. The van der Waals surface area contributed by atoms with Crippen LogP contribution in [-0.2, 0) is 6.42 Å². The minimum Gasteiger partial charge on any atom is -0.458 e. The standard InChI is InChI=1S/C12H12O2S/c1-3-9-4-5-11(14-9)12(13)10-6-7-15-8(10)2/h4-7H,3H2,1-2H3. The van der Waals surface area contributed by atoms with E-state index in [0.29, 0.717) is 5.76 Å². The van der Waals surface area contributed by atoms with Crippen LogP contribution >= 0.6 is 11.3 Å². The number of ketones is 1. The average molecular weight is 220 g/mol. The molecule has 0 aliphatic heterocycles. The van der Waals surface area contributed by atoms with E-state index in [0.717, 1.165) is 22.6 Å². The number of thiophene rings is 1. The number of hydrogen-bond acceptors (Lipinski definition) is 3. The highest BCUT2D eigenvalue weighted by molar-refractivity contribution is 7.10. The van der Waals surface area contributed by atoms with Gasteiger partial charge in [0, 0.05) is 16.9 Å². The fourth-order valence-electron chi connectivity index (χ4n) is 1.44. The van der Waals surface area contributed by atoms with Gasteiger partial charge in [-0.1, -0.05) is 6.92 Å². The molecular weight excluding hydrogens is 208 g/mol. The molecule has 2 aromatic heterocycles. The first-order valence-electron chi connectivity index (χ1n) is 4.90. The summed E-state index contributed by atoms with van der Waals surface area (Å²) >= 11 is 1.58. The summed E-state index contributed by atoms with van der Waals surface area (Å²) in [6.07, 6.45) is 0.815. The van der Waals surface area contributed by atoms with E-state index in [1.807, 2.05) is 31.4 Å². The van der Waals surface area contributed by atoms with Crippen molar-refractivity contribution in [2.24, 2.45) is 0 Å². The Morgan fingerprint density at radius 3 is 2.73 bits per heavy atom. The zero-order chi connectivity index (χ0) is 10.8. The minimum absolute atomic E-state index is 0.0200. The highest BCUT2D eigenvalue weighted by atomic mass is 32.1. The van der Waals surface area contributed by atoms with Crippen LogP contribution in [0.25, 0.3) is 0 Å². The maximum atomic E-state index is 12.0. The molecule has 0 radical (unpaired) electrons. The first-order valence-corrected chi connectivity index (χ1v) is 5.78. The molecule has 0 amide bonds. The summed E-state index contributed by atoms with van der Waals surface area (Å²) in [5.74, 6) is 1.27. The van der Waals surface area contributed by atoms with Crippen LogP contribution < -0.4 is 0 Å². The second kappa shape index (κ2) is 4.03. The lowest BCUT2D eigenvalue weighted by atomic mass is 10.1. The van der Waals surface area contributed by atoms with Crippen LogP contribution in [0.2, 0.25) is 0 Å². The van der Waals surface area contributed by atoms with Gasteiger partial charge in [0.2, 0.25) is 5.78 Å². The molecule has 0 aliphatic rings. The van der Waals surface area contributed by atoms with Crippen molar-refractivity contribution < 1.29 is 9.21 Å². The number of hydrogen-bond donors (Lipinski definition) is 0. The molecule has 0 spiro atoms. The van der Waals surface area contributed by atoms with Crippen LogP contribution in [-0.4, -0.2) is 5.78 Å². The Labute approximate surface area is 92.5 Å². The normalized spacial score (nSPS) is 10.5. The molecule has 2 rings (SSSR count). The Morgan fingerprint density at radius 1 is 1.40 bits per heavy atom. The van der Waals surface area contributed by atoms with Crippen molar-refractivity contribution in [3.8, 4) is 0 Å². The van der Waals surface area contributed by atoms with Crippen LogP contribution in [0.15, 0.2) is 28.0 Å². The smallest absolute Gasteiger partial charge is 0.229 e. The van der Waals surface area contributed by atoms with Crippen molar-refractivity contribution >= 4 is 17.1 Å². The molecule has 3 heteroatoms. The van der Waals surface area contributed by atoms with E-state index >= 15 is 0 Å². The van der Waals surface area contributed by atoms with Gasteiger partial charge in [-0.25, -0.2) is 0 Å². The van der Waals surface area contributed by atoms with Gasteiger partial charge < -0.3 is 4.42 Å². The molecule has 15 heavy (non-hydrogen) atoms. The van der Waals surface area contributed by atoms with Crippen LogP contribution in [0.1, 0.15) is 33.7 Å². The summed E-state index contributed by atoms with van der Waals surface area (Å²) in [6.45, 7) is 3.95. The molecule has 0 saturated heterocycles. The Morgan fingerprint density at radius 2 is 2.20 bits per heavy atom. The maximum Gasteiger partial charge on any atom is 0.229 e. The average Bonchev–Trinajstić information content (AvgIpc) is 2.84. The predicted molar refractivity (Wildman–Crippen MR) is 60.6 cm³/mol.